The minimum atomic E-state index is -0.929. The van der Waals surface area contributed by atoms with Crippen LogP contribution in [-0.2, 0) is 9.59 Å². The fourth-order valence-corrected chi connectivity index (χ4v) is 5.00. The van der Waals surface area contributed by atoms with Gasteiger partial charge in [0.05, 0.1) is 0 Å². The van der Waals surface area contributed by atoms with Crippen molar-refractivity contribution in [1.82, 2.24) is 5.32 Å². The standard InChI is InChI=1S/C32H63NO3/c1-4-6-7-8-9-10-11-12-13-14-15-16-17-18-19-20-21-22-23-24-25-26-27-28-30(34)33-31(32(35)36)29(3)5-2/h29,31H,4-28H2,1-3H3,(H,33,34)(H,35,36)/t29-,31-/m0/s1. The maximum atomic E-state index is 12.0. The monoisotopic (exact) mass is 509 g/mol. The SMILES string of the molecule is CCCCCCCCCCCCCCCCCCCCCCCCCC(=O)N[C@H](C(=O)O)[C@@H](C)CC. The molecular formula is C32H63NO3. The summed E-state index contributed by atoms with van der Waals surface area (Å²) in [6.07, 6.45) is 32.5. The quantitative estimate of drug-likeness (QED) is 0.103. The molecule has 0 rings (SSSR count). The Bertz CT molecular complexity index is 494. The molecule has 0 radical (unpaired) electrons. The van der Waals surface area contributed by atoms with Crippen LogP contribution in [0.1, 0.15) is 181 Å². The molecule has 214 valence electrons. The number of carbonyl (C=O) groups is 2. The minimum absolute atomic E-state index is 0.0409. The van der Waals surface area contributed by atoms with E-state index in [1.54, 1.807) is 0 Å². The van der Waals surface area contributed by atoms with Crippen molar-refractivity contribution in [2.75, 3.05) is 0 Å². The molecule has 0 heterocycles. The largest absolute Gasteiger partial charge is 0.480 e. The van der Waals surface area contributed by atoms with Crippen LogP contribution in [0.25, 0.3) is 0 Å². The molecule has 0 unspecified atom stereocenters. The molecule has 0 aliphatic heterocycles. The summed E-state index contributed by atoms with van der Waals surface area (Å²) in [5.74, 6) is -1.09. The van der Waals surface area contributed by atoms with Gasteiger partial charge in [-0.05, 0) is 12.3 Å². The molecule has 36 heavy (non-hydrogen) atoms. The van der Waals surface area contributed by atoms with Crippen LogP contribution in [0.4, 0.5) is 0 Å². The normalized spacial score (nSPS) is 13.0. The highest BCUT2D eigenvalue weighted by Crippen LogP contribution is 2.16. The molecule has 2 atom stereocenters. The van der Waals surface area contributed by atoms with E-state index in [1.165, 1.54) is 135 Å². The van der Waals surface area contributed by atoms with Gasteiger partial charge in [0.25, 0.3) is 0 Å². The van der Waals surface area contributed by atoms with E-state index in [0.29, 0.717) is 6.42 Å². The molecule has 4 nitrogen and oxygen atoms in total. The summed E-state index contributed by atoms with van der Waals surface area (Å²) in [4.78, 5) is 23.3. The van der Waals surface area contributed by atoms with E-state index in [0.717, 1.165) is 19.3 Å². The second kappa shape index (κ2) is 27.0. The number of carboxylic acid groups (broad SMARTS) is 1. The number of hydrogen-bond donors (Lipinski definition) is 2. The molecule has 0 fully saturated rings. The van der Waals surface area contributed by atoms with Gasteiger partial charge in [0.1, 0.15) is 6.04 Å². The van der Waals surface area contributed by atoms with E-state index >= 15 is 0 Å². The fraction of sp³-hybridized carbons (Fsp3) is 0.938. The first-order valence-electron chi connectivity index (χ1n) is 16.0. The van der Waals surface area contributed by atoms with Gasteiger partial charge >= 0.3 is 5.97 Å². The van der Waals surface area contributed by atoms with Gasteiger partial charge in [-0.25, -0.2) is 4.79 Å². The van der Waals surface area contributed by atoms with Gasteiger partial charge in [-0.15, -0.1) is 0 Å². The molecule has 0 spiro atoms. The predicted molar refractivity (Wildman–Crippen MR) is 156 cm³/mol. The van der Waals surface area contributed by atoms with E-state index in [4.69, 9.17) is 0 Å². The molecule has 0 aliphatic rings. The minimum Gasteiger partial charge on any atom is -0.480 e. The molecule has 0 saturated heterocycles. The van der Waals surface area contributed by atoms with Crippen molar-refractivity contribution in [3.05, 3.63) is 0 Å². The smallest absolute Gasteiger partial charge is 0.326 e. The van der Waals surface area contributed by atoms with Crippen LogP contribution in [0.15, 0.2) is 0 Å². The van der Waals surface area contributed by atoms with Crippen molar-refractivity contribution in [3.8, 4) is 0 Å². The first-order valence-corrected chi connectivity index (χ1v) is 16.0. The summed E-state index contributed by atoms with van der Waals surface area (Å²) in [7, 11) is 0. The van der Waals surface area contributed by atoms with Crippen molar-refractivity contribution < 1.29 is 14.7 Å². The molecule has 0 bridgehead atoms. The molecule has 1 amide bonds. The number of rotatable bonds is 28. The highest BCUT2D eigenvalue weighted by Gasteiger charge is 2.24. The Labute approximate surface area is 225 Å². The molecular weight excluding hydrogens is 446 g/mol. The zero-order valence-corrected chi connectivity index (χ0v) is 24.6. The average Bonchev–Trinajstić information content (AvgIpc) is 2.87. The number of aliphatic carboxylic acids is 1. The predicted octanol–water partition coefficient (Wildman–Crippen LogP) is 9.98. The summed E-state index contributed by atoms with van der Waals surface area (Å²) in [5.41, 5.74) is 0. The average molecular weight is 510 g/mol. The van der Waals surface area contributed by atoms with Gasteiger partial charge in [-0.3, -0.25) is 4.79 Å². The van der Waals surface area contributed by atoms with Crippen molar-refractivity contribution in [1.29, 1.82) is 0 Å². The number of unbranched alkanes of at least 4 members (excludes halogenated alkanes) is 22. The Morgan fingerprint density at radius 3 is 1.14 bits per heavy atom. The van der Waals surface area contributed by atoms with Crippen LogP contribution >= 0.6 is 0 Å². The summed E-state index contributed by atoms with van der Waals surface area (Å²) in [6, 6.07) is -0.757. The summed E-state index contributed by atoms with van der Waals surface area (Å²) >= 11 is 0. The first kappa shape index (κ1) is 34.9. The third kappa shape index (κ3) is 23.3. The molecule has 0 saturated carbocycles. The van der Waals surface area contributed by atoms with Crippen molar-refractivity contribution in [2.24, 2.45) is 5.92 Å². The van der Waals surface area contributed by atoms with Crippen LogP contribution in [0.2, 0.25) is 0 Å². The molecule has 0 aliphatic carbocycles. The second-order valence-electron chi connectivity index (χ2n) is 11.3. The van der Waals surface area contributed by atoms with E-state index in [1.807, 2.05) is 13.8 Å². The third-order valence-electron chi connectivity index (χ3n) is 7.80. The van der Waals surface area contributed by atoms with Crippen LogP contribution < -0.4 is 5.32 Å². The van der Waals surface area contributed by atoms with E-state index < -0.39 is 12.0 Å². The van der Waals surface area contributed by atoms with Crippen LogP contribution in [0, 0.1) is 5.92 Å². The van der Waals surface area contributed by atoms with Gasteiger partial charge in [0, 0.05) is 6.42 Å². The van der Waals surface area contributed by atoms with Gasteiger partial charge in [-0.2, -0.15) is 0 Å². The lowest BCUT2D eigenvalue weighted by Gasteiger charge is -2.20. The summed E-state index contributed by atoms with van der Waals surface area (Å²) < 4.78 is 0. The molecule has 0 aromatic heterocycles. The molecule has 2 N–H and O–H groups in total. The summed E-state index contributed by atoms with van der Waals surface area (Å²) in [6.45, 7) is 6.11. The highest BCUT2D eigenvalue weighted by atomic mass is 16.4. The van der Waals surface area contributed by atoms with Crippen LogP contribution in [0.5, 0.6) is 0 Å². The molecule has 0 aromatic rings. The third-order valence-corrected chi connectivity index (χ3v) is 7.80. The van der Waals surface area contributed by atoms with Gasteiger partial charge in [-0.1, -0.05) is 168 Å². The van der Waals surface area contributed by atoms with Gasteiger partial charge in [0.2, 0.25) is 5.91 Å². The van der Waals surface area contributed by atoms with Gasteiger partial charge in [0.15, 0.2) is 0 Å². The van der Waals surface area contributed by atoms with Gasteiger partial charge < -0.3 is 10.4 Å². The van der Waals surface area contributed by atoms with Crippen molar-refractivity contribution >= 4 is 11.9 Å². The number of carboxylic acids is 1. The zero-order chi connectivity index (χ0) is 26.7. The Kier molecular flexibility index (Phi) is 26.2. The van der Waals surface area contributed by atoms with E-state index in [-0.39, 0.29) is 11.8 Å². The van der Waals surface area contributed by atoms with Crippen LogP contribution in [0.3, 0.4) is 0 Å². The maximum Gasteiger partial charge on any atom is 0.326 e. The van der Waals surface area contributed by atoms with Crippen molar-refractivity contribution in [3.63, 3.8) is 0 Å². The Morgan fingerprint density at radius 2 is 0.861 bits per heavy atom. The number of hydrogen-bond acceptors (Lipinski definition) is 2. The number of amides is 1. The van der Waals surface area contributed by atoms with Crippen molar-refractivity contribution in [2.45, 2.75) is 187 Å². The Balaban J connectivity index is 3.28. The maximum absolute atomic E-state index is 12.0. The van der Waals surface area contributed by atoms with E-state index in [9.17, 15) is 14.7 Å². The zero-order valence-electron chi connectivity index (χ0n) is 24.6. The summed E-state index contributed by atoms with van der Waals surface area (Å²) in [5, 5.41) is 12.0. The second-order valence-corrected chi connectivity index (χ2v) is 11.3. The lowest BCUT2D eigenvalue weighted by atomic mass is 9.99. The van der Waals surface area contributed by atoms with Crippen LogP contribution in [-0.4, -0.2) is 23.0 Å². The highest BCUT2D eigenvalue weighted by molar-refractivity contribution is 5.83. The van der Waals surface area contributed by atoms with E-state index in [2.05, 4.69) is 12.2 Å². The molecule has 4 heteroatoms. The lowest BCUT2D eigenvalue weighted by molar-refractivity contribution is -0.143. The molecule has 0 aromatic carbocycles. The number of nitrogens with one attached hydrogen (secondary N) is 1. The fourth-order valence-electron chi connectivity index (χ4n) is 5.00. The first-order chi connectivity index (χ1) is 17.5. The topological polar surface area (TPSA) is 66.4 Å². The lowest BCUT2D eigenvalue weighted by Crippen LogP contribution is -2.44. The number of carbonyl (C=O) groups excluding carboxylic acids is 1. The Morgan fingerprint density at radius 1 is 0.556 bits per heavy atom. The Hall–Kier alpha value is -1.06.